The fourth-order valence-electron chi connectivity index (χ4n) is 2.52. The van der Waals surface area contributed by atoms with Gasteiger partial charge in [0.25, 0.3) is 0 Å². The third kappa shape index (κ3) is 2.19. The molecule has 0 unspecified atom stereocenters. The average Bonchev–Trinajstić information content (AvgIpc) is 2.80. The number of Topliss-reactive ketones (excluding diaryl/α,β-unsaturated/α-hetero) is 2. The van der Waals surface area contributed by atoms with E-state index in [9.17, 15) is 9.59 Å². The van der Waals surface area contributed by atoms with Crippen LogP contribution in [0, 0.1) is 0 Å². The Bertz CT molecular complexity index is 802. The molecule has 0 bridgehead atoms. The van der Waals surface area contributed by atoms with Crippen molar-refractivity contribution in [3.05, 3.63) is 59.2 Å². The molecule has 0 saturated carbocycles. The molecular weight excluding hydrogens is 280 g/mol. The molecule has 2 aromatic rings. The van der Waals surface area contributed by atoms with Crippen molar-refractivity contribution in [2.75, 3.05) is 14.2 Å². The molecular formula is C18H14O4. The maximum absolute atomic E-state index is 12.2. The summed E-state index contributed by atoms with van der Waals surface area (Å²) >= 11 is 0. The van der Waals surface area contributed by atoms with Crippen LogP contribution in [-0.4, -0.2) is 25.8 Å². The van der Waals surface area contributed by atoms with Crippen LogP contribution < -0.4 is 9.47 Å². The molecule has 110 valence electrons. The second-order valence-electron chi connectivity index (χ2n) is 4.87. The molecule has 0 fully saturated rings. The van der Waals surface area contributed by atoms with E-state index in [0.29, 0.717) is 28.2 Å². The van der Waals surface area contributed by atoms with E-state index in [0.717, 1.165) is 5.56 Å². The van der Waals surface area contributed by atoms with Crippen LogP contribution >= 0.6 is 0 Å². The normalized spacial score (nSPS) is 15.1. The second kappa shape index (κ2) is 5.48. The first-order valence-corrected chi connectivity index (χ1v) is 6.78. The summed E-state index contributed by atoms with van der Waals surface area (Å²) < 4.78 is 10.5. The van der Waals surface area contributed by atoms with Crippen molar-refractivity contribution in [1.29, 1.82) is 0 Å². The predicted octanol–water partition coefficient (Wildman–Crippen LogP) is 3.01. The van der Waals surface area contributed by atoms with Gasteiger partial charge in [-0.3, -0.25) is 9.59 Å². The quantitative estimate of drug-likeness (QED) is 0.645. The first-order chi connectivity index (χ1) is 10.7. The van der Waals surface area contributed by atoms with Gasteiger partial charge in [0, 0.05) is 22.8 Å². The van der Waals surface area contributed by atoms with E-state index in [1.165, 1.54) is 0 Å². The van der Waals surface area contributed by atoms with Crippen LogP contribution in [0.2, 0.25) is 0 Å². The Kier molecular flexibility index (Phi) is 3.51. The van der Waals surface area contributed by atoms with Crippen LogP contribution in [0.5, 0.6) is 11.5 Å². The minimum atomic E-state index is -0.487. The van der Waals surface area contributed by atoms with Crippen molar-refractivity contribution in [3.8, 4) is 11.5 Å². The maximum atomic E-state index is 12.2. The van der Waals surface area contributed by atoms with Crippen molar-refractivity contribution in [3.63, 3.8) is 0 Å². The number of ether oxygens (including phenoxy) is 2. The second-order valence-corrected chi connectivity index (χ2v) is 4.87. The number of benzene rings is 2. The van der Waals surface area contributed by atoms with E-state index in [4.69, 9.17) is 9.47 Å². The highest BCUT2D eigenvalue weighted by molar-refractivity contribution is 6.64. The molecule has 0 heterocycles. The van der Waals surface area contributed by atoms with Crippen molar-refractivity contribution in [2.24, 2.45) is 0 Å². The molecule has 0 amide bonds. The van der Waals surface area contributed by atoms with Gasteiger partial charge in [0.05, 0.1) is 14.2 Å². The molecule has 1 aliphatic carbocycles. The Balaban J connectivity index is 2.13. The van der Waals surface area contributed by atoms with E-state index < -0.39 is 11.6 Å². The Hall–Kier alpha value is -2.88. The molecule has 0 N–H and O–H groups in total. The molecule has 0 saturated heterocycles. The van der Waals surface area contributed by atoms with E-state index >= 15 is 0 Å². The van der Waals surface area contributed by atoms with Crippen LogP contribution in [0.3, 0.4) is 0 Å². The Morgan fingerprint density at radius 2 is 1.59 bits per heavy atom. The molecule has 0 radical (unpaired) electrons. The number of hydrogen-bond donors (Lipinski definition) is 0. The molecule has 1 aliphatic rings. The zero-order chi connectivity index (χ0) is 15.7. The van der Waals surface area contributed by atoms with Gasteiger partial charge in [0.1, 0.15) is 11.5 Å². The summed E-state index contributed by atoms with van der Waals surface area (Å²) in [7, 11) is 3.12. The van der Waals surface area contributed by atoms with Crippen LogP contribution in [0.15, 0.2) is 42.5 Å². The van der Waals surface area contributed by atoms with E-state index in [1.54, 1.807) is 56.7 Å². The summed E-state index contributed by atoms with van der Waals surface area (Å²) in [4.78, 5) is 24.2. The maximum Gasteiger partial charge on any atom is 0.234 e. The Morgan fingerprint density at radius 1 is 0.864 bits per heavy atom. The van der Waals surface area contributed by atoms with Crippen LogP contribution in [0.25, 0.3) is 11.6 Å². The zero-order valence-corrected chi connectivity index (χ0v) is 12.3. The Morgan fingerprint density at radius 3 is 2.27 bits per heavy atom. The summed E-state index contributed by atoms with van der Waals surface area (Å²) in [6.07, 6.45) is 1.68. The van der Waals surface area contributed by atoms with Gasteiger partial charge in [0.2, 0.25) is 11.6 Å². The summed E-state index contributed by atoms with van der Waals surface area (Å²) in [5, 5.41) is 0. The molecule has 2 aromatic carbocycles. The van der Waals surface area contributed by atoms with Gasteiger partial charge in [-0.2, -0.15) is 0 Å². The molecule has 0 atom stereocenters. The predicted molar refractivity (Wildman–Crippen MR) is 83.2 cm³/mol. The average molecular weight is 294 g/mol. The number of hydrogen-bond acceptors (Lipinski definition) is 4. The number of ketones is 2. The highest BCUT2D eigenvalue weighted by Gasteiger charge is 2.32. The highest BCUT2D eigenvalue weighted by atomic mass is 16.5. The smallest absolute Gasteiger partial charge is 0.234 e. The van der Waals surface area contributed by atoms with Crippen LogP contribution in [-0.2, 0) is 4.79 Å². The first kappa shape index (κ1) is 14.1. The molecule has 3 rings (SSSR count). The topological polar surface area (TPSA) is 52.6 Å². The standard InChI is InChI=1S/C18H14O4/c1-21-12-8-7-11(16(10-12)22-2)9-15-13-5-3-4-6-14(13)17(19)18(15)20/h3-10H,1-2H3/b15-9-. The van der Waals surface area contributed by atoms with Crippen molar-refractivity contribution >= 4 is 23.2 Å². The Labute approximate surface area is 128 Å². The summed E-state index contributed by atoms with van der Waals surface area (Å²) in [5.41, 5.74) is 2.22. The molecule has 0 spiro atoms. The number of rotatable bonds is 3. The number of carbonyl (C=O) groups excluding carboxylic acids is 2. The largest absolute Gasteiger partial charge is 0.497 e. The van der Waals surface area contributed by atoms with Gasteiger partial charge in [-0.15, -0.1) is 0 Å². The minimum Gasteiger partial charge on any atom is -0.497 e. The highest BCUT2D eigenvalue weighted by Crippen LogP contribution is 2.34. The zero-order valence-electron chi connectivity index (χ0n) is 12.3. The lowest BCUT2D eigenvalue weighted by Crippen LogP contribution is -2.05. The summed E-state index contributed by atoms with van der Waals surface area (Å²) in [5.74, 6) is 0.290. The number of allylic oxidation sites excluding steroid dienone is 1. The van der Waals surface area contributed by atoms with E-state index in [-0.39, 0.29) is 0 Å². The monoisotopic (exact) mass is 294 g/mol. The first-order valence-electron chi connectivity index (χ1n) is 6.78. The lowest BCUT2D eigenvalue weighted by Gasteiger charge is -2.08. The van der Waals surface area contributed by atoms with Crippen LogP contribution in [0.1, 0.15) is 21.5 Å². The van der Waals surface area contributed by atoms with Crippen LogP contribution in [0.4, 0.5) is 0 Å². The van der Waals surface area contributed by atoms with Gasteiger partial charge in [-0.05, 0) is 23.8 Å². The van der Waals surface area contributed by atoms with Gasteiger partial charge >= 0.3 is 0 Å². The minimum absolute atomic E-state index is 0.393. The summed E-state index contributed by atoms with van der Waals surface area (Å²) in [6, 6.07) is 12.3. The fourth-order valence-corrected chi connectivity index (χ4v) is 2.52. The summed E-state index contributed by atoms with van der Waals surface area (Å²) in [6.45, 7) is 0. The lowest BCUT2D eigenvalue weighted by atomic mass is 10.0. The lowest BCUT2D eigenvalue weighted by molar-refractivity contribution is -0.109. The van der Waals surface area contributed by atoms with Crippen molar-refractivity contribution in [2.45, 2.75) is 0 Å². The van der Waals surface area contributed by atoms with Gasteiger partial charge in [-0.1, -0.05) is 24.3 Å². The molecule has 0 aliphatic heterocycles. The molecule has 0 aromatic heterocycles. The van der Waals surface area contributed by atoms with Gasteiger partial charge in [0.15, 0.2) is 0 Å². The fraction of sp³-hybridized carbons (Fsp3) is 0.111. The molecule has 4 nitrogen and oxygen atoms in total. The van der Waals surface area contributed by atoms with Crippen molar-refractivity contribution in [1.82, 2.24) is 0 Å². The number of fused-ring (bicyclic) bond motifs is 1. The van der Waals surface area contributed by atoms with Crippen molar-refractivity contribution < 1.29 is 19.1 Å². The number of methoxy groups -OCH3 is 2. The third-order valence-corrected chi connectivity index (χ3v) is 3.65. The molecule has 4 heteroatoms. The molecule has 22 heavy (non-hydrogen) atoms. The third-order valence-electron chi connectivity index (χ3n) is 3.65. The van der Waals surface area contributed by atoms with E-state index in [1.807, 2.05) is 6.07 Å². The SMILES string of the molecule is COc1ccc(/C=C2\C(=O)C(=O)c3ccccc32)c(OC)c1. The number of carbonyl (C=O) groups is 2. The van der Waals surface area contributed by atoms with Gasteiger partial charge < -0.3 is 9.47 Å². The van der Waals surface area contributed by atoms with E-state index in [2.05, 4.69) is 0 Å². The van der Waals surface area contributed by atoms with Gasteiger partial charge in [-0.25, -0.2) is 0 Å².